The fourth-order valence-corrected chi connectivity index (χ4v) is 0.713. The van der Waals surface area contributed by atoms with Gasteiger partial charge in [-0.3, -0.25) is 4.98 Å². The first-order valence-electron chi connectivity index (χ1n) is 3.84. The monoisotopic (exact) mass is 164 g/mol. The topological polar surface area (TPSA) is 39.2 Å². The molecule has 0 spiro atoms. The van der Waals surface area contributed by atoms with Crippen molar-refractivity contribution in [3.8, 4) is 0 Å². The van der Waals surface area contributed by atoms with Crippen molar-refractivity contribution in [2.24, 2.45) is 0 Å². The van der Waals surface area contributed by atoms with Crippen molar-refractivity contribution in [2.45, 2.75) is 13.3 Å². The first-order chi connectivity index (χ1) is 5.84. The summed E-state index contributed by atoms with van der Waals surface area (Å²) in [4.78, 5) is 14.8. The second kappa shape index (κ2) is 4.49. The summed E-state index contributed by atoms with van der Waals surface area (Å²) in [6.45, 7) is 2.39. The van der Waals surface area contributed by atoms with E-state index in [2.05, 4.69) is 11.2 Å². The van der Waals surface area contributed by atoms with Crippen LogP contribution in [-0.4, -0.2) is 17.6 Å². The summed E-state index contributed by atoms with van der Waals surface area (Å²) in [7, 11) is 0. The van der Waals surface area contributed by atoms with Crippen LogP contribution >= 0.6 is 0 Å². The van der Waals surface area contributed by atoms with Gasteiger partial charge in [0.2, 0.25) is 0 Å². The third-order valence-corrected chi connectivity index (χ3v) is 1.27. The van der Waals surface area contributed by atoms with E-state index >= 15 is 0 Å². The number of carbonyl (C=O) groups excluding carboxylic acids is 1. The molecule has 0 aromatic carbocycles. The Morgan fingerprint density at radius 1 is 1.75 bits per heavy atom. The molecule has 0 atom stereocenters. The van der Waals surface area contributed by atoms with Crippen molar-refractivity contribution >= 4 is 5.97 Å². The summed E-state index contributed by atoms with van der Waals surface area (Å²) < 4.78 is 4.87. The SMILES string of the molecule is CCCOC(=O)c1[c]nccc1. The molecule has 0 unspecified atom stereocenters. The van der Waals surface area contributed by atoms with Gasteiger partial charge in [0.15, 0.2) is 0 Å². The van der Waals surface area contributed by atoms with E-state index in [4.69, 9.17) is 4.74 Å². The first kappa shape index (κ1) is 8.71. The lowest BCUT2D eigenvalue weighted by molar-refractivity contribution is 0.0504. The number of hydrogen-bond acceptors (Lipinski definition) is 3. The van der Waals surface area contributed by atoms with E-state index in [1.807, 2.05) is 6.92 Å². The van der Waals surface area contributed by atoms with Gasteiger partial charge < -0.3 is 4.74 Å². The van der Waals surface area contributed by atoms with Crippen LogP contribution in [0.15, 0.2) is 18.3 Å². The summed E-state index contributed by atoms with van der Waals surface area (Å²) in [6, 6.07) is 3.31. The summed E-state index contributed by atoms with van der Waals surface area (Å²) in [6.07, 6.45) is 4.94. The van der Waals surface area contributed by atoms with E-state index in [1.165, 1.54) is 0 Å². The third-order valence-electron chi connectivity index (χ3n) is 1.27. The standard InChI is InChI=1S/C9H10NO2/c1-2-6-12-9(11)8-4-3-5-10-7-8/h3-5H,2,6H2,1H3. The highest BCUT2D eigenvalue weighted by Crippen LogP contribution is 1.97. The number of hydrogen-bond donors (Lipinski definition) is 0. The van der Waals surface area contributed by atoms with Crippen molar-refractivity contribution in [2.75, 3.05) is 6.61 Å². The third kappa shape index (κ3) is 2.34. The number of carbonyl (C=O) groups is 1. The van der Waals surface area contributed by atoms with Crippen molar-refractivity contribution in [3.05, 3.63) is 30.1 Å². The molecule has 0 saturated heterocycles. The zero-order valence-corrected chi connectivity index (χ0v) is 6.91. The van der Waals surface area contributed by atoms with E-state index in [-0.39, 0.29) is 5.97 Å². The van der Waals surface area contributed by atoms with Gasteiger partial charge in [0.1, 0.15) is 6.20 Å². The van der Waals surface area contributed by atoms with Gasteiger partial charge in [-0.25, -0.2) is 4.79 Å². The highest BCUT2D eigenvalue weighted by molar-refractivity contribution is 5.88. The van der Waals surface area contributed by atoms with Crippen LogP contribution in [0.1, 0.15) is 23.7 Å². The zero-order valence-electron chi connectivity index (χ0n) is 6.91. The molecule has 12 heavy (non-hydrogen) atoms. The summed E-state index contributed by atoms with van der Waals surface area (Å²) >= 11 is 0. The molecule has 63 valence electrons. The van der Waals surface area contributed by atoms with Crippen LogP contribution in [0, 0.1) is 6.20 Å². The molecule has 0 saturated carbocycles. The zero-order chi connectivity index (χ0) is 8.81. The molecule has 1 aromatic heterocycles. The second-order valence-electron chi connectivity index (χ2n) is 2.30. The molecule has 1 heterocycles. The van der Waals surface area contributed by atoms with Crippen LogP contribution in [0.5, 0.6) is 0 Å². The van der Waals surface area contributed by atoms with Gasteiger partial charge in [0.05, 0.1) is 12.2 Å². The van der Waals surface area contributed by atoms with Crippen LogP contribution in [0.3, 0.4) is 0 Å². The van der Waals surface area contributed by atoms with Crippen molar-refractivity contribution in [1.82, 2.24) is 4.98 Å². The van der Waals surface area contributed by atoms with Gasteiger partial charge >= 0.3 is 5.97 Å². The van der Waals surface area contributed by atoms with Gasteiger partial charge in [-0.05, 0) is 18.6 Å². The Labute approximate surface area is 71.4 Å². The van der Waals surface area contributed by atoms with Crippen LogP contribution in [0.4, 0.5) is 0 Å². The Balaban J connectivity index is 2.54. The molecule has 0 N–H and O–H groups in total. The largest absolute Gasteiger partial charge is 0.462 e. The van der Waals surface area contributed by atoms with E-state index in [1.54, 1.807) is 18.3 Å². The number of aromatic nitrogens is 1. The maximum atomic E-state index is 11.1. The lowest BCUT2D eigenvalue weighted by Gasteiger charge is -2.00. The highest BCUT2D eigenvalue weighted by Gasteiger charge is 2.05. The minimum atomic E-state index is -0.357. The van der Waals surface area contributed by atoms with E-state index in [0.29, 0.717) is 12.2 Å². The molecule has 0 aliphatic rings. The number of nitrogens with zero attached hydrogens (tertiary/aromatic N) is 1. The molecule has 0 bridgehead atoms. The van der Waals surface area contributed by atoms with Gasteiger partial charge in [0, 0.05) is 6.20 Å². The van der Waals surface area contributed by atoms with Crippen LogP contribution < -0.4 is 0 Å². The lowest BCUT2D eigenvalue weighted by Crippen LogP contribution is -2.05. The second-order valence-corrected chi connectivity index (χ2v) is 2.30. The molecule has 3 heteroatoms. The normalized spacial score (nSPS) is 9.42. The van der Waals surface area contributed by atoms with Crippen LogP contribution in [-0.2, 0) is 4.74 Å². The molecular weight excluding hydrogens is 154 g/mol. The van der Waals surface area contributed by atoms with E-state index in [9.17, 15) is 4.79 Å². The van der Waals surface area contributed by atoms with Gasteiger partial charge in [0.25, 0.3) is 0 Å². The van der Waals surface area contributed by atoms with Crippen molar-refractivity contribution in [1.29, 1.82) is 0 Å². The Morgan fingerprint density at radius 2 is 2.58 bits per heavy atom. The summed E-state index contributed by atoms with van der Waals surface area (Å²) in [5.74, 6) is -0.357. The molecule has 0 amide bonds. The van der Waals surface area contributed by atoms with Crippen molar-refractivity contribution in [3.63, 3.8) is 0 Å². The Bertz CT molecular complexity index is 246. The van der Waals surface area contributed by atoms with Gasteiger partial charge in [-0.15, -0.1) is 0 Å². The molecule has 1 aromatic rings. The van der Waals surface area contributed by atoms with Gasteiger partial charge in [-0.1, -0.05) is 6.92 Å². The molecule has 0 aliphatic carbocycles. The fraction of sp³-hybridized carbons (Fsp3) is 0.333. The maximum absolute atomic E-state index is 11.1. The average Bonchev–Trinajstić information content (AvgIpc) is 2.15. The molecular formula is C9H10NO2. The number of pyridine rings is 1. The van der Waals surface area contributed by atoms with E-state index < -0.39 is 0 Å². The number of ether oxygens (including phenoxy) is 1. The number of esters is 1. The Hall–Kier alpha value is -1.38. The van der Waals surface area contributed by atoms with Gasteiger partial charge in [-0.2, -0.15) is 0 Å². The smallest absolute Gasteiger partial charge is 0.340 e. The summed E-state index contributed by atoms with van der Waals surface area (Å²) in [5.41, 5.74) is 0.381. The molecule has 0 fully saturated rings. The first-order valence-corrected chi connectivity index (χ1v) is 3.84. The Morgan fingerprint density at radius 3 is 3.17 bits per heavy atom. The van der Waals surface area contributed by atoms with Crippen LogP contribution in [0.25, 0.3) is 0 Å². The minimum absolute atomic E-state index is 0.357. The highest BCUT2D eigenvalue weighted by atomic mass is 16.5. The fourth-order valence-electron chi connectivity index (χ4n) is 0.713. The molecule has 0 aliphatic heterocycles. The van der Waals surface area contributed by atoms with Crippen LogP contribution in [0.2, 0.25) is 0 Å². The Kier molecular flexibility index (Phi) is 3.26. The quantitative estimate of drug-likeness (QED) is 0.635. The summed E-state index contributed by atoms with van der Waals surface area (Å²) in [5, 5.41) is 0. The molecule has 1 rings (SSSR count). The van der Waals surface area contributed by atoms with Crippen molar-refractivity contribution < 1.29 is 9.53 Å². The predicted molar refractivity (Wildman–Crippen MR) is 43.6 cm³/mol. The average molecular weight is 164 g/mol. The minimum Gasteiger partial charge on any atom is -0.462 e. The predicted octanol–water partition coefficient (Wildman–Crippen LogP) is 1.45. The maximum Gasteiger partial charge on any atom is 0.340 e. The number of rotatable bonds is 3. The molecule has 1 radical (unpaired) electrons. The molecule has 3 nitrogen and oxygen atoms in total. The van der Waals surface area contributed by atoms with E-state index in [0.717, 1.165) is 6.42 Å². The lowest BCUT2D eigenvalue weighted by atomic mass is 10.3.